The zero-order valence-electron chi connectivity index (χ0n) is 8.38. The summed E-state index contributed by atoms with van der Waals surface area (Å²) in [5, 5.41) is 12.0. The van der Waals surface area contributed by atoms with E-state index >= 15 is 0 Å². The number of hydrogen-bond acceptors (Lipinski definition) is 2. The summed E-state index contributed by atoms with van der Waals surface area (Å²) in [6.45, 7) is 6.50. The fraction of sp³-hybridized carbons (Fsp3) is 0.250. The molecule has 0 aliphatic rings. The molecule has 1 aromatic rings. The van der Waals surface area contributed by atoms with Crippen molar-refractivity contribution in [2.45, 2.75) is 13.3 Å². The SMILES string of the molecule is C=CCCNc1cc(C)cc(C#N)c1. The first-order chi connectivity index (χ1) is 6.76. The molecule has 0 fully saturated rings. The van der Waals surface area contributed by atoms with E-state index in [0.717, 1.165) is 24.2 Å². The van der Waals surface area contributed by atoms with Crippen molar-refractivity contribution in [1.29, 1.82) is 5.26 Å². The van der Waals surface area contributed by atoms with Crippen LogP contribution in [0.2, 0.25) is 0 Å². The first kappa shape index (κ1) is 10.3. The molecule has 2 nitrogen and oxygen atoms in total. The van der Waals surface area contributed by atoms with Crippen LogP contribution in [-0.4, -0.2) is 6.54 Å². The van der Waals surface area contributed by atoms with Gasteiger partial charge in [-0.25, -0.2) is 0 Å². The molecule has 0 bridgehead atoms. The third-order valence-electron chi connectivity index (χ3n) is 1.88. The lowest BCUT2D eigenvalue weighted by atomic mass is 10.1. The predicted octanol–water partition coefficient (Wildman–Crippen LogP) is 2.85. The minimum atomic E-state index is 0.700. The summed E-state index contributed by atoms with van der Waals surface area (Å²) in [5.41, 5.74) is 2.81. The van der Waals surface area contributed by atoms with Crippen molar-refractivity contribution >= 4 is 5.69 Å². The maximum Gasteiger partial charge on any atom is 0.0992 e. The minimum Gasteiger partial charge on any atom is -0.385 e. The van der Waals surface area contributed by atoms with Gasteiger partial charge in [0.25, 0.3) is 0 Å². The molecule has 0 aliphatic carbocycles. The molecule has 0 aromatic heterocycles. The van der Waals surface area contributed by atoms with Gasteiger partial charge in [0.15, 0.2) is 0 Å². The topological polar surface area (TPSA) is 35.8 Å². The summed E-state index contributed by atoms with van der Waals surface area (Å²) in [4.78, 5) is 0. The molecule has 0 radical (unpaired) electrons. The Balaban J connectivity index is 2.72. The lowest BCUT2D eigenvalue weighted by Gasteiger charge is -2.05. The number of anilines is 1. The number of hydrogen-bond donors (Lipinski definition) is 1. The second-order valence-electron chi connectivity index (χ2n) is 3.20. The summed E-state index contributed by atoms with van der Waals surface area (Å²) in [7, 11) is 0. The molecular weight excluding hydrogens is 172 g/mol. The average molecular weight is 186 g/mol. The van der Waals surface area contributed by atoms with Crippen molar-refractivity contribution < 1.29 is 0 Å². The Labute approximate surface area is 84.9 Å². The van der Waals surface area contributed by atoms with Crippen LogP contribution in [0.3, 0.4) is 0 Å². The van der Waals surface area contributed by atoms with Crippen LogP contribution >= 0.6 is 0 Å². The second kappa shape index (κ2) is 5.08. The van der Waals surface area contributed by atoms with Crippen molar-refractivity contribution in [2.24, 2.45) is 0 Å². The minimum absolute atomic E-state index is 0.700. The fourth-order valence-electron chi connectivity index (χ4n) is 1.27. The lowest BCUT2D eigenvalue weighted by Crippen LogP contribution is -2.00. The van der Waals surface area contributed by atoms with Crippen molar-refractivity contribution in [1.82, 2.24) is 0 Å². The van der Waals surface area contributed by atoms with Crippen molar-refractivity contribution in [3.8, 4) is 6.07 Å². The highest BCUT2D eigenvalue weighted by Gasteiger charge is 1.96. The van der Waals surface area contributed by atoms with Gasteiger partial charge in [0.2, 0.25) is 0 Å². The Morgan fingerprint density at radius 1 is 1.50 bits per heavy atom. The first-order valence-corrected chi connectivity index (χ1v) is 4.63. The van der Waals surface area contributed by atoms with Gasteiger partial charge in [0.1, 0.15) is 0 Å². The molecular formula is C12H14N2. The molecule has 0 amide bonds. The van der Waals surface area contributed by atoms with E-state index in [1.807, 2.05) is 31.2 Å². The van der Waals surface area contributed by atoms with Crippen LogP contribution in [0.4, 0.5) is 5.69 Å². The van der Waals surface area contributed by atoms with Gasteiger partial charge in [-0.15, -0.1) is 6.58 Å². The van der Waals surface area contributed by atoms with Crippen molar-refractivity contribution in [3.05, 3.63) is 42.0 Å². The van der Waals surface area contributed by atoms with E-state index < -0.39 is 0 Å². The van der Waals surface area contributed by atoms with E-state index in [-0.39, 0.29) is 0 Å². The maximum absolute atomic E-state index is 8.76. The van der Waals surface area contributed by atoms with Crippen LogP contribution in [0, 0.1) is 18.3 Å². The smallest absolute Gasteiger partial charge is 0.0992 e. The monoisotopic (exact) mass is 186 g/mol. The van der Waals surface area contributed by atoms with Gasteiger partial charge in [0.05, 0.1) is 11.6 Å². The number of rotatable bonds is 4. The third kappa shape index (κ3) is 2.95. The van der Waals surface area contributed by atoms with E-state index in [2.05, 4.69) is 18.0 Å². The van der Waals surface area contributed by atoms with Crippen LogP contribution in [0.1, 0.15) is 17.5 Å². The molecule has 0 heterocycles. The van der Waals surface area contributed by atoms with Gasteiger partial charge in [0, 0.05) is 12.2 Å². The number of nitrogens with one attached hydrogen (secondary N) is 1. The highest BCUT2D eigenvalue weighted by atomic mass is 14.9. The van der Waals surface area contributed by atoms with Gasteiger partial charge in [-0.3, -0.25) is 0 Å². The quantitative estimate of drug-likeness (QED) is 0.579. The highest BCUT2D eigenvalue weighted by Crippen LogP contribution is 2.13. The third-order valence-corrected chi connectivity index (χ3v) is 1.88. The Hall–Kier alpha value is -1.75. The van der Waals surface area contributed by atoms with E-state index in [1.54, 1.807) is 0 Å². The maximum atomic E-state index is 8.76. The Bertz CT molecular complexity index is 361. The summed E-state index contributed by atoms with van der Waals surface area (Å²) < 4.78 is 0. The summed E-state index contributed by atoms with van der Waals surface area (Å²) in [6.07, 6.45) is 2.80. The van der Waals surface area contributed by atoms with Crippen molar-refractivity contribution in [3.63, 3.8) is 0 Å². The standard InChI is InChI=1S/C12H14N2/c1-3-4-5-14-12-7-10(2)6-11(8-12)9-13/h3,6-8,14H,1,4-5H2,2H3. The number of nitrogens with zero attached hydrogens (tertiary/aromatic N) is 1. The molecule has 0 atom stereocenters. The van der Waals surface area contributed by atoms with E-state index in [0.29, 0.717) is 5.56 Å². The van der Waals surface area contributed by atoms with Gasteiger partial charge >= 0.3 is 0 Å². The number of aryl methyl sites for hydroxylation is 1. The normalized spacial score (nSPS) is 9.14. The molecule has 0 aliphatic heterocycles. The van der Waals surface area contributed by atoms with Crippen LogP contribution in [0.15, 0.2) is 30.9 Å². The molecule has 0 saturated carbocycles. The second-order valence-corrected chi connectivity index (χ2v) is 3.20. The molecule has 1 N–H and O–H groups in total. The molecule has 0 spiro atoms. The van der Waals surface area contributed by atoms with Gasteiger partial charge < -0.3 is 5.32 Å². The first-order valence-electron chi connectivity index (χ1n) is 4.63. The van der Waals surface area contributed by atoms with E-state index in [1.165, 1.54) is 0 Å². The van der Waals surface area contributed by atoms with E-state index in [4.69, 9.17) is 5.26 Å². The zero-order valence-corrected chi connectivity index (χ0v) is 8.38. The molecule has 0 unspecified atom stereocenters. The van der Waals surface area contributed by atoms with Gasteiger partial charge in [-0.05, 0) is 37.1 Å². The molecule has 2 heteroatoms. The molecule has 72 valence electrons. The van der Waals surface area contributed by atoms with Crippen LogP contribution < -0.4 is 5.32 Å². The molecule has 0 saturated heterocycles. The molecule has 14 heavy (non-hydrogen) atoms. The Morgan fingerprint density at radius 3 is 2.93 bits per heavy atom. The van der Waals surface area contributed by atoms with Crippen LogP contribution in [-0.2, 0) is 0 Å². The average Bonchev–Trinajstić information content (AvgIpc) is 2.17. The van der Waals surface area contributed by atoms with Crippen LogP contribution in [0.5, 0.6) is 0 Å². The highest BCUT2D eigenvalue weighted by molar-refractivity contribution is 5.51. The van der Waals surface area contributed by atoms with Crippen LogP contribution in [0.25, 0.3) is 0 Å². The summed E-state index contributed by atoms with van der Waals surface area (Å²) in [5.74, 6) is 0. The molecule has 1 rings (SSSR count). The van der Waals surface area contributed by atoms with E-state index in [9.17, 15) is 0 Å². The number of benzene rings is 1. The molecule has 1 aromatic carbocycles. The Morgan fingerprint density at radius 2 is 2.29 bits per heavy atom. The lowest BCUT2D eigenvalue weighted by molar-refractivity contribution is 1.07. The van der Waals surface area contributed by atoms with Crippen molar-refractivity contribution in [2.75, 3.05) is 11.9 Å². The largest absolute Gasteiger partial charge is 0.385 e. The summed E-state index contributed by atoms with van der Waals surface area (Å²) >= 11 is 0. The number of nitriles is 1. The predicted molar refractivity (Wildman–Crippen MR) is 59.2 cm³/mol. The summed E-state index contributed by atoms with van der Waals surface area (Å²) in [6, 6.07) is 7.90. The van der Waals surface area contributed by atoms with Gasteiger partial charge in [-0.1, -0.05) is 6.08 Å². The fourth-order valence-corrected chi connectivity index (χ4v) is 1.27. The zero-order chi connectivity index (χ0) is 10.4. The Kier molecular flexibility index (Phi) is 3.75. The van der Waals surface area contributed by atoms with Gasteiger partial charge in [-0.2, -0.15) is 5.26 Å².